The van der Waals surface area contributed by atoms with E-state index in [1.807, 2.05) is 4.90 Å². The van der Waals surface area contributed by atoms with E-state index in [-0.39, 0.29) is 22.5 Å². The highest BCUT2D eigenvalue weighted by Gasteiger charge is 2.22. The minimum Gasteiger partial charge on any atom is -0.358 e. The topological polar surface area (TPSA) is 52.7 Å². The SMILES string of the molecule is CNC(=O)CN1CCN(C(=O)CSc2cc(F)ccc2F)CC1. The van der Waals surface area contributed by atoms with Gasteiger partial charge in [0.2, 0.25) is 11.8 Å². The van der Waals surface area contributed by atoms with Gasteiger partial charge in [-0.3, -0.25) is 14.5 Å². The van der Waals surface area contributed by atoms with Crippen LogP contribution >= 0.6 is 11.8 Å². The second-order valence-electron chi connectivity index (χ2n) is 5.19. The van der Waals surface area contributed by atoms with Crippen molar-refractivity contribution in [1.82, 2.24) is 15.1 Å². The molecule has 0 aromatic heterocycles. The van der Waals surface area contributed by atoms with Crippen LogP contribution in [0.3, 0.4) is 0 Å². The molecule has 1 aromatic rings. The summed E-state index contributed by atoms with van der Waals surface area (Å²) < 4.78 is 26.6. The molecule has 1 saturated heterocycles. The normalized spacial score (nSPS) is 15.5. The molecule has 8 heteroatoms. The number of nitrogens with zero attached hydrogens (tertiary/aromatic N) is 2. The van der Waals surface area contributed by atoms with Crippen molar-refractivity contribution in [3.05, 3.63) is 29.8 Å². The van der Waals surface area contributed by atoms with Gasteiger partial charge in [-0.1, -0.05) is 0 Å². The highest BCUT2D eigenvalue weighted by Crippen LogP contribution is 2.23. The van der Waals surface area contributed by atoms with Gasteiger partial charge in [-0.15, -0.1) is 11.8 Å². The molecule has 0 aliphatic carbocycles. The van der Waals surface area contributed by atoms with E-state index in [1.54, 1.807) is 11.9 Å². The monoisotopic (exact) mass is 343 g/mol. The molecule has 126 valence electrons. The maximum absolute atomic E-state index is 13.5. The van der Waals surface area contributed by atoms with Crippen molar-refractivity contribution >= 4 is 23.6 Å². The summed E-state index contributed by atoms with van der Waals surface area (Å²) in [6, 6.07) is 3.20. The molecule has 0 spiro atoms. The smallest absolute Gasteiger partial charge is 0.233 e. The number of rotatable bonds is 5. The fourth-order valence-electron chi connectivity index (χ4n) is 2.26. The van der Waals surface area contributed by atoms with E-state index >= 15 is 0 Å². The fraction of sp³-hybridized carbons (Fsp3) is 0.467. The number of amides is 2. The van der Waals surface area contributed by atoms with Crippen molar-refractivity contribution < 1.29 is 18.4 Å². The predicted octanol–water partition coefficient (Wildman–Crippen LogP) is 0.947. The molecule has 1 heterocycles. The van der Waals surface area contributed by atoms with Gasteiger partial charge in [-0.25, -0.2) is 8.78 Å². The summed E-state index contributed by atoms with van der Waals surface area (Å²) in [4.78, 5) is 27.3. The Labute approximate surface area is 138 Å². The fourth-order valence-corrected chi connectivity index (χ4v) is 3.12. The lowest BCUT2D eigenvalue weighted by atomic mass is 10.3. The Bertz CT molecular complexity index is 578. The molecule has 0 radical (unpaired) electrons. The van der Waals surface area contributed by atoms with Gasteiger partial charge < -0.3 is 10.2 Å². The maximum atomic E-state index is 13.5. The molecule has 0 saturated carbocycles. The zero-order valence-corrected chi connectivity index (χ0v) is 13.7. The second kappa shape index (κ2) is 8.26. The van der Waals surface area contributed by atoms with Crippen molar-refractivity contribution in [2.75, 3.05) is 45.5 Å². The van der Waals surface area contributed by atoms with Gasteiger partial charge in [0, 0.05) is 38.1 Å². The third-order valence-electron chi connectivity index (χ3n) is 3.62. The summed E-state index contributed by atoms with van der Waals surface area (Å²) >= 11 is 0.994. The van der Waals surface area contributed by atoms with Crippen LogP contribution in [0.2, 0.25) is 0 Å². The molecule has 1 aliphatic heterocycles. The number of halogens is 2. The maximum Gasteiger partial charge on any atom is 0.233 e. The number of carbonyl (C=O) groups is 2. The Morgan fingerprint density at radius 2 is 1.91 bits per heavy atom. The van der Waals surface area contributed by atoms with Crippen LogP contribution in [0.5, 0.6) is 0 Å². The minimum atomic E-state index is -0.528. The van der Waals surface area contributed by atoms with Gasteiger partial charge in [0.25, 0.3) is 0 Å². The lowest BCUT2D eigenvalue weighted by Crippen LogP contribution is -2.51. The Morgan fingerprint density at radius 1 is 1.22 bits per heavy atom. The first-order valence-corrected chi connectivity index (χ1v) is 8.26. The highest BCUT2D eigenvalue weighted by molar-refractivity contribution is 8.00. The standard InChI is InChI=1S/C15H19F2N3O2S/c1-18-14(21)9-19-4-6-20(7-5-19)15(22)10-23-13-8-11(16)2-3-12(13)17/h2-3,8H,4-7,9-10H2,1H3,(H,18,21). The number of carbonyl (C=O) groups excluding carboxylic acids is 2. The van der Waals surface area contributed by atoms with Gasteiger partial charge in [0.15, 0.2) is 0 Å². The second-order valence-corrected chi connectivity index (χ2v) is 6.21. The van der Waals surface area contributed by atoms with Crippen molar-refractivity contribution in [3.8, 4) is 0 Å². The van der Waals surface area contributed by atoms with E-state index in [2.05, 4.69) is 5.32 Å². The molecule has 23 heavy (non-hydrogen) atoms. The summed E-state index contributed by atoms with van der Waals surface area (Å²) in [5.41, 5.74) is 0. The van der Waals surface area contributed by atoms with Crippen LogP contribution in [0.25, 0.3) is 0 Å². The molecule has 2 amide bonds. The summed E-state index contributed by atoms with van der Waals surface area (Å²) in [6.45, 7) is 2.63. The first-order chi connectivity index (χ1) is 11.0. The zero-order chi connectivity index (χ0) is 16.8. The number of benzene rings is 1. The zero-order valence-electron chi connectivity index (χ0n) is 12.8. The number of hydrogen-bond acceptors (Lipinski definition) is 4. The average Bonchev–Trinajstić information content (AvgIpc) is 2.56. The summed E-state index contributed by atoms with van der Waals surface area (Å²) in [7, 11) is 1.59. The number of hydrogen-bond donors (Lipinski definition) is 1. The Kier molecular flexibility index (Phi) is 6.35. The third-order valence-corrected chi connectivity index (χ3v) is 4.63. The molecular weight excluding hydrogens is 324 g/mol. The van der Waals surface area contributed by atoms with E-state index in [0.717, 1.165) is 30.0 Å². The van der Waals surface area contributed by atoms with Gasteiger partial charge in [-0.05, 0) is 18.2 Å². The summed E-state index contributed by atoms with van der Waals surface area (Å²) in [5, 5.41) is 2.56. The van der Waals surface area contributed by atoms with Crippen molar-refractivity contribution in [1.29, 1.82) is 0 Å². The predicted molar refractivity (Wildman–Crippen MR) is 84.2 cm³/mol. The van der Waals surface area contributed by atoms with Crippen LogP contribution in [0.15, 0.2) is 23.1 Å². The largest absolute Gasteiger partial charge is 0.358 e. The number of thioether (sulfide) groups is 1. The van der Waals surface area contributed by atoms with E-state index in [0.29, 0.717) is 32.7 Å². The quantitative estimate of drug-likeness (QED) is 0.809. The first kappa shape index (κ1) is 17.7. The molecule has 0 atom stereocenters. The Balaban J connectivity index is 1.79. The van der Waals surface area contributed by atoms with E-state index in [9.17, 15) is 18.4 Å². The highest BCUT2D eigenvalue weighted by atomic mass is 32.2. The summed E-state index contributed by atoms with van der Waals surface area (Å²) in [6.07, 6.45) is 0. The van der Waals surface area contributed by atoms with Crippen LogP contribution in [0.1, 0.15) is 0 Å². The van der Waals surface area contributed by atoms with Crippen molar-refractivity contribution in [2.45, 2.75) is 4.90 Å². The Morgan fingerprint density at radius 3 is 2.57 bits per heavy atom. The van der Waals surface area contributed by atoms with E-state index in [1.165, 1.54) is 0 Å². The average molecular weight is 343 g/mol. The molecule has 1 aromatic carbocycles. The van der Waals surface area contributed by atoms with Crippen LogP contribution in [-0.4, -0.2) is 67.1 Å². The van der Waals surface area contributed by atoms with Crippen molar-refractivity contribution in [3.63, 3.8) is 0 Å². The van der Waals surface area contributed by atoms with Gasteiger partial charge in [-0.2, -0.15) is 0 Å². The number of likely N-dealkylation sites (N-methyl/N-ethyl adjacent to an activating group) is 1. The molecule has 5 nitrogen and oxygen atoms in total. The summed E-state index contributed by atoms with van der Waals surface area (Å²) in [5.74, 6) is -1.15. The van der Waals surface area contributed by atoms with Crippen LogP contribution in [0, 0.1) is 11.6 Å². The molecule has 1 aliphatic rings. The lowest BCUT2D eigenvalue weighted by Gasteiger charge is -2.34. The molecular formula is C15H19F2N3O2S. The molecule has 2 rings (SSSR count). The Hall–Kier alpha value is -1.67. The van der Waals surface area contributed by atoms with Crippen LogP contribution < -0.4 is 5.32 Å². The molecule has 1 N–H and O–H groups in total. The van der Waals surface area contributed by atoms with Crippen molar-refractivity contribution in [2.24, 2.45) is 0 Å². The van der Waals surface area contributed by atoms with Gasteiger partial charge >= 0.3 is 0 Å². The number of piperazine rings is 1. The van der Waals surface area contributed by atoms with E-state index < -0.39 is 11.6 Å². The molecule has 0 unspecified atom stereocenters. The number of nitrogens with one attached hydrogen (secondary N) is 1. The molecule has 1 fully saturated rings. The minimum absolute atomic E-state index is 0.0538. The van der Waals surface area contributed by atoms with Gasteiger partial charge in [0.1, 0.15) is 11.6 Å². The van der Waals surface area contributed by atoms with E-state index in [4.69, 9.17) is 0 Å². The van der Waals surface area contributed by atoms with Crippen LogP contribution in [-0.2, 0) is 9.59 Å². The molecule has 0 bridgehead atoms. The van der Waals surface area contributed by atoms with Gasteiger partial charge in [0.05, 0.1) is 12.3 Å². The third kappa shape index (κ3) is 5.18. The lowest BCUT2D eigenvalue weighted by molar-refractivity contribution is -0.130. The first-order valence-electron chi connectivity index (χ1n) is 7.28. The van der Waals surface area contributed by atoms with Crippen LogP contribution in [0.4, 0.5) is 8.78 Å².